The maximum Gasteiger partial charge on any atom is 0.231 e. The van der Waals surface area contributed by atoms with E-state index in [0.717, 1.165) is 24.2 Å². The summed E-state index contributed by atoms with van der Waals surface area (Å²) in [5.74, 6) is 3.53. The van der Waals surface area contributed by atoms with Crippen LogP contribution in [-0.2, 0) is 0 Å². The van der Waals surface area contributed by atoms with Crippen molar-refractivity contribution in [2.75, 3.05) is 6.54 Å². The predicted molar refractivity (Wildman–Crippen MR) is 74.1 cm³/mol. The van der Waals surface area contributed by atoms with Gasteiger partial charge >= 0.3 is 0 Å². The Labute approximate surface area is 115 Å². The zero-order chi connectivity index (χ0) is 13.2. The third kappa shape index (κ3) is 2.83. The Morgan fingerprint density at radius 1 is 1.21 bits per heavy atom. The highest BCUT2D eigenvalue weighted by atomic mass is 16.5. The van der Waals surface area contributed by atoms with Crippen LogP contribution in [0.3, 0.4) is 0 Å². The fraction of sp³-hybridized carbons (Fsp3) is 0.867. The summed E-state index contributed by atoms with van der Waals surface area (Å²) in [5.41, 5.74) is 0. The first-order valence-electron chi connectivity index (χ1n) is 7.86. The van der Waals surface area contributed by atoms with Crippen molar-refractivity contribution in [3.05, 3.63) is 11.7 Å². The van der Waals surface area contributed by atoms with E-state index in [9.17, 15) is 0 Å². The Morgan fingerprint density at radius 2 is 2.00 bits per heavy atom. The summed E-state index contributed by atoms with van der Waals surface area (Å²) in [5, 5.41) is 7.82. The van der Waals surface area contributed by atoms with Crippen LogP contribution in [0.25, 0.3) is 0 Å². The SMILES string of the molecule is CCNC1CCCCCC1c1nc(C2CC2C)no1. The zero-order valence-corrected chi connectivity index (χ0v) is 12.1. The Hall–Kier alpha value is -0.900. The van der Waals surface area contributed by atoms with Gasteiger partial charge in [-0.15, -0.1) is 0 Å². The molecule has 1 N–H and O–H groups in total. The standard InChI is InChI=1S/C15H25N3O/c1-3-16-13-8-6-4-5-7-11(13)15-17-14(18-19-15)12-9-10(12)2/h10-13,16H,3-9H2,1-2H3. The maximum absolute atomic E-state index is 5.58. The summed E-state index contributed by atoms with van der Waals surface area (Å²) in [6.07, 6.45) is 7.56. The van der Waals surface area contributed by atoms with E-state index in [1.165, 1.54) is 38.5 Å². The lowest BCUT2D eigenvalue weighted by Gasteiger charge is -2.22. The van der Waals surface area contributed by atoms with Gasteiger partial charge < -0.3 is 9.84 Å². The topological polar surface area (TPSA) is 51.0 Å². The highest BCUT2D eigenvalue weighted by Crippen LogP contribution is 2.46. The fourth-order valence-corrected chi connectivity index (χ4v) is 3.34. The van der Waals surface area contributed by atoms with Gasteiger partial charge in [0.15, 0.2) is 5.82 Å². The molecule has 4 atom stereocenters. The van der Waals surface area contributed by atoms with Crippen LogP contribution in [0, 0.1) is 5.92 Å². The van der Waals surface area contributed by atoms with Crippen LogP contribution in [0.15, 0.2) is 4.52 Å². The highest BCUT2D eigenvalue weighted by molar-refractivity contribution is 5.10. The van der Waals surface area contributed by atoms with Crippen molar-refractivity contribution in [2.45, 2.75) is 70.3 Å². The molecule has 1 aromatic rings. The number of hydrogen-bond donors (Lipinski definition) is 1. The lowest BCUT2D eigenvalue weighted by Crippen LogP contribution is -2.34. The van der Waals surface area contributed by atoms with E-state index in [1.54, 1.807) is 0 Å². The molecular weight excluding hydrogens is 238 g/mol. The van der Waals surface area contributed by atoms with Gasteiger partial charge in [0, 0.05) is 12.0 Å². The summed E-state index contributed by atoms with van der Waals surface area (Å²) in [6, 6.07) is 0.512. The van der Waals surface area contributed by atoms with Crippen molar-refractivity contribution in [2.24, 2.45) is 5.92 Å². The van der Waals surface area contributed by atoms with Crippen molar-refractivity contribution >= 4 is 0 Å². The number of nitrogens with one attached hydrogen (secondary N) is 1. The second-order valence-corrected chi connectivity index (χ2v) is 6.22. The van der Waals surface area contributed by atoms with Gasteiger partial charge in [0.2, 0.25) is 5.89 Å². The molecule has 1 heterocycles. The first-order valence-corrected chi connectivity index (χ1v) is 7.86. The fourth-order valence-electron chi connectivity index (χ4n) is 3.34. The first-order chi connectivity index (χ1) is 9.29. The van der Waals surface area contributed by atoms with E-state index in [-0.39, 0.29) is 0 Å². The van der Waals surface area contributed by atoms with Gasteiger partial charge in [0.25, 0.3) is 0 Å². The minimum atomic E-state index is 0.415. The molecule has 2 aliphatic carbocycles. The molecule has 0 bridgehead atoms. The number of aromatic nitrogens is 2. The van der Waals surface area contributed by atoms with Crippen LogP contribution in [0.2, 0.25) is 0 Å². The minimum Gasteiger partial charge on any atom is -0.339 e. The second kappa shape index (κ2) is 5.61. The molecule has 4 unspecified atom stereocenters. The highest BCUT2D eigenvalue weighted by Gasteiger charge is 2.39. The van der Waals surface area contributed by atoms with E-state index >= 15 is 0 Å². The van der Waals surface area contributed by atoms with Gasteiger partial charge in [-0.3, -0.25) is 0 Å². The van der Waals surface area contributed by atoms with E-state index in [1.807, 2.05) is 0 Å². The van der Waals surface area contributed by atoms with Crippen molar-refractivity contribution in [1.29, 1.82) is 0 Å². The normalized spacial score (nSPS) is 35.1. The van der Waals surface area contributed by atoms with E-state index < -0.39 is 0 Å². The molecule has 0 aliphatic heterocycles. The van der Waals surface area contributed by atoms with E-state index in [0.29, 0.717) is 17.9 Å². The summed E-state index contributed by atoms with van der Waals surface area (Å²) < 4.78 is 5.58. The Balaban J connectivity index is 1.75. The molecule has 2 aliphatic rings. The van der Waals surface area contributed by atoms with Gasteiger partial charge in [-0.1, -0.05) is 38.3 Å². The molecule has 0 amide bonds. The molecule has 0 aromatic carbocycles. The second-order valence-electron chi connectivity index (χ2n) is 6.22. The average molecular weight is 263 g/mol. The quantitative estimate of drug-likeness (QED) is 0.847. The summed E-state index contributed by atoms with van der Waals surface area (Å²) in [7, 11) is 0. The molecule has 4 heteroatoms. The van der Waals surface area contributed by atoms with Crippen LogP contribution >= 0.6 is 0 Å². The first kappa shape index (κ1) is 13.1. The summed E-state index contributed by atoms with van der Waals surface area (Å²) in [6.45, 7) is 5.45. The summed E-state index contributed by atoms with van der Waals surface area (Å²) >= 11 is 0. The Bertz CT molecular complexity index is 417. The van der Waals surface area contributed by atoms with Gasteiger partial charge in [-0.05, 0) is 31.7 Å². The number of hydrogen-bond acceptors (Lipinski definition) is 4. The van der Waals surface area contributed by atoms with E-state index in [2.05, 4.69) is 24.3 Å². The van der Waals surface area contributed by atoms with Crippen molar-refractivity contribution in [3.8, 4) is 0 Å². The zero-order valence-electron chi connectivity index (χ0n) is 12.1. The van der Waals surface area contributed by atoms with Crippen LogP contribution in [-0.4, -0.2) is 22.7 Å². The number of likely N-dealkylation sites (N-methyl/N-ethyl adjacent to an activating group) is 1. The molecule has 106 valence electrons. The minimum absolute atomic E-state index is 0.415. The smallest absolute Gasteiger partial charge is 0.231 e. The van der Waals surface area contributed by atoms with Gasteiger partial charge in [0.05, 0.1) is 5.92 Å². The van der Waals surface area contributed by atoms with Gasteiger partial charge in [-0.2, -0.15) is 4.98 Å². The monoisotopic (exact) mass is 263 g/mol. The predicted octanol–water partition coefficient (Wildman–Crippen LogP) is 3.22. The third-order valence-electron chi connectivity index (χ3n) is 4.70. The molecular formula is C15H25N3O. The lowest BCUT2D eigenvalue weighted by molar-refractivity contribution is 0.304. The Morgan fingerprint density at radius 3 is 2.74 bits per heavy atom. The molecule has 19 heavy (non-hydrogen) atoms. The van der Waals surface area contributed by atoms with Crippen molar-refractivity contribution in [1.82, 2.24) is 15.5 Å². The maximum atomic E-state index is 5.58. The average Bonchev–Trinajstić information content (AvgIpc) is 3.02. The van der Waals surface area contributed by atoms with Crippen LogP contribution in [0.5, 0.6) is 0 Å². The van der Waals surface area contributed by atoms with Crippen LogP contribution in [0.4, 0.5) is 0 Å². The number of rotatable bonds is 4. The van der Waals surface area contributed by atoms with Crippen LogP contribution < -0.4 is 5.32 Å². The van der Waals surface area contributed by atoms with Crippen molar-refractivity contribution in [3.63, 3.8) is 0 Å². The molecule has 2 fully saturated rings. The summed E-state index contributed by atoms with van der Waals surface area (Å²) in [4.78, 5) is 4.70. The third-order valence-corrected chi connectivity index (χ3v) is 4.70. The number of nitrogens with zero attached hydrogens (tertiary/aromatic N) is 2. The molecule has 0 radical (unpaired) electrons. The molecule has 1 aromatic heterocycles. The molecule has 0 saturated heterocycles. The van der Waals surface area contributed by atoms with Gasteiger partial charge in [0.1, 0.15) is 0 Å². The van der Waals surface area contributed by atoms with Gasteiger partial charge in [-0.25, -0.2) is 0 Å². The molecule has 3 rings (SSSR count). The van der Waals surface area contributed by atoms with Crippen molar-refractivity contribution < 1.29 is 4.52 Å². The van der Waals surface area contributed by atoms with Crippen LogP contribution in [0.1, 0.15) is 75.9 Å². The molecule has 0 spiro atoms. The molecule has 4 nitrogen and oxygen atoms in total. The largest absolute Gasteiger partial charge is 0.339 e. The Kier molecular flexibility index (Phi) is 3.87. The molecule has 2 saturated carbocycles. The lowest BCUT2D eigenvalue weighted by atomic mass is 9.94. The van der Waals surface area contributed by atoms with E-state index in [4.69, 9.17) is 9.51 Å².